The second-order valence-electron chi connectivity index (χ2n) is 3.72. The Morgan fingerprint density at radius 3 is 1.67 bits per heavy atom. The molecule has 1 aliphatic rings. The van der Waals surface area contributed by atoms with E-state index in [9.17, 15) is 0 Å². The lowest BCUT2D eigenvalue weighted by atomic mass is 9.81. The molecule has 0 heterocycles. The molecule has 2 unspecified atom stereocenters. The van der Waals surface area contributed by atoms with E-state index in [4.69, 9.17) is 0 Å². The van der Waals surface area contributed by atoms with Crippen LogP contribution in [0.4, 0.5) is 0 Å². The van der Waals surface area contributed by atoms with Crippen molar-refractivity contribution in [3.05, 3.63) is 0 Å². The minimum atomic E-state index is 1.03. The van der Waals surface area contributed by atoms with Crippen LogP contribution in [0.5, 0.6) is 0 Å². The second kappa shape index (κ2) is 6.20. The molecular weight excluding hydrogens is 184 g/mol. The Hall–Kier alpha value is 0.700. The highest BCUT2D eigenvalue weighted by atomic mass is 32.2. The summed E-state index contributed by atoms with van der Waals surface area (Å²) in [4.78, 5) is 0. The van der Waals surface area contributed by atoms with Gasteiger partial charge >= 0.3 is 0 Å². The summed E-state index contributed by atoms with van der Waals surface area (Å²) in [7, 11) is 0. The normalized spacial score (nSPS) is 30.5. The third-order valence-electron chi connectivity index (χ3n) is 2.83. The van der Waals surface area contributed by atoms with Crippen LogP contribution in [-0.2, 0) is 0 Å². The molecule has 2 heteroatoms. The zero-order valence-electron chi connectivity index (χ0n) is 8.21. The first-order valence-electron chi connectivity index (χ1n) is 4.86. The predicted octanol–water partition coefficient (Wildman–Crippen LogP) is 3.52. The van der Waals surface area contributed by atoms with E-state index in [1.54, 1.807) is 0 Å². The van der Waals surface area contributed by atoms with Crippen LogP contribution in [0.2, 0.25) is 0 Å². The lowest BCUT2D eigenvalue weighted by Crippen LogP contribution is -2.23. The summed E-state index contributed by atoms with van der Waals surface area (Å²) in [5.74, 6) is 4.85. The third-order valence-corrected chi connectivity index (χ3v) is 4.35. The van der Waals surface area contributed by atoms with Crippen LogP contribution in [-0.4, -0.2) is 24.0 Å². The molecule has 1 saturated carbocycles. The molecule has 0 amide bonds. The van der Waals surface area contributed by atoms with Gasteiger partial charge in [-0.25, -0.2) is 0 Å². The van der Waals surface area contributed by atoms with Crippen LogP contribution in [0.1, 0.15) is 25.7 Å². The lowest BCUT2D eigenvalue weighted by Gasteiger charge is -2.30. The fourth-order valence-corrected chi connectivity index (χ4v) is 3.89. The van der Waals surface area contributed by atoms with Gasteiger partial charge in [-0.1, -0.05) is 12.8 Å². The van der Waals surface area contributed by atoms with Gasteiger partial charge in [-0.2, -0.15) is 23.5 Å². The van der Waals surface area contributed by atoms with Gasteiger partial charge < -0.3 is 0 Å². The summed E-state index contributed by atoms with van der Waals surface area (Å²) < 4.78 is 0. The Kier molecular flexibility index (Phi) is 5.57. The number of hydrogen-bond donors (Lipinski definition) is 0. The molecule has 0 bridgehead atoms. The molecule has 12 heavy (non-hydrogen) atoms. The molecular formula is C10H20S2. The van der Waals surface area contributed by atoms with Crippen molar-refractivity contribution in [2.24, 2.45) is 11.8 Å². The summed E-state index contributed by atoms with van der Waals surface area (Å²) in [6, 6.07) is 0. The van der Waals surface area contributed by atoms with E-state index in [-0.39, 0.29) is 0 Å². The largest absolute Gasteiger partial charge is 0.165 e. The van der Waals surface area contributed by atoms with Crippen molar-refractivity contribution in [2.45, 2.75) is 25.7 Å². The summed E-state index contributed by atoms with van der Waals surface area (Å²) >= 11 is 4.06. The molecule has 0 aromatic rings. The fourth-order valence-electron chi connectivity index (χ4n) is 2.15. The molecule has 1 fully saturated rings. The van der Waals surface area contributed by atoms with E-state index >= 15 is 0 Å². The van der Waals surface area contributed by atoms with Crippen molar-refractivity contribution >= 4 is 23.5 Å². The van der Waals surface area contributed by atoms with Gasteiger partial charge in [0.1, 0.15) is 0 Å². The Morgan fingerprint density at radius 2 is 1.33 bits per heavy atom. The molecule has 0 nitrogen and oxygen atoms in total. The molecule has 1 aliphatic carbocycles. The molecule has 0 aliphatic heterocycles. The van der Waals surface area contributed by atoms with Crippen molar-refractivity contribution in [3.8, 4) is 0 Å². The SMILES string of the molecule is CSCC1CCCCC1CSC. The standard InChI is InChI=1S/C10H20S2/c1-11-7-9-5-3-4-6-10(9)8-12-2/h9-10H,3-8H2,1-2H3. The van der Waals surface area contributed by atoms with Crippen molar-refractivity contribution < 1.29 is 0 Å². The molecule has 0 saturated heterocycles. The predicted molar refractivity (Wildman–Crippen MR) is 62.2 cm³/mol. The van der Waals surface area contributed by atoms with E-state index < -0.39 is 0 Å². The van der Waals surface area contributed by atoms with Gasteiger partial charge in [0.05, 0.1) is 0 Å². The molecule has 2 atom stereocenters. The zero-order chi connectivity index (χ0) is 8.81. The average Bonchev–Trinajstić information content (AvgIpc) is 2.09. The summed E-state index contributed by atoms with van der Waals surface area (Å²) in [6.45, 7) is 0. The first-order valence-corrected chi connectivity index (χ1v) is 7.65. The smallest absolute Gasteiger partial charge is 0.00390 e. The maximum atomic E-state index is 2.24. The Balaban J connectivity index is 2.31. The van der Waals surface area contributed by atoms with Crippen LogP contribution >= 0.6 is 23.5 Å². The highest BCUT2D eigenvalue weighted by Gasteiger charge is 2.23. The summed E-state index contributed by atoms with van der Waals surface area (Å²) in [5, 5.41) is 0. The van der Waals surface area contributed by atoms with E-state index in [1.165, 1.54) is 37.2 Å². The number of rotatable bonds is 4. The summed E-state index contributed by atoms with van der Waals surface area (Å²) in [6.07, 6.45) is 10.4. The third kappa shape index (κ3) is 3.21. The lowest BCUT2D eigenvalue weighted by molar-refractivity contribution is 0.287. The molecule has 0 radical (unpaired) electrons. The Labute approximate surface area is 85.3 Å². The zero-order valence-corrected chi connectivity index (χ0v) is 9.85. The van der Waals surface area contributed by atoms with Crippen molar-refractivity contribution in [1.29, 1.82) is 0 Å². The molecule has 0 N–H and O–H groups in total. The van der Waals surface area contributed by atoms with Gasteiger partial charge in [-0.05, 0) is 48.7 Å². The highest BCUT2D eigenvalue weighted by molar-refractivity contribution is 7.98. The van der Waals surface area contributed by atoms with Gasteiger partial charge in [0.15, 0.2) is 0 Å². The summed E-state index contributed by atoms with van der Waals surface area (Å²) in [5.41, 5.74) is 0. The van der Waals surface area contributed by atoms with Crippen LogP contribution in [0.15, 0.2) is 0 Å². The monoisotopic (exact) mass is 204 g/mol. The van der Waals surface area contributed by atoms with Crippen molar-refractivity contribution in [3.63, 3.8) is 0 Å². The van der Waals surface area contributed by atoms with E-state index in [1.807, 2.05) is 23.5 Å². The van der Waals surface area contributed by atoms with E-state index in [2.05, 4.69) is 12.5 Å². The van der Waals surface area contributed by atoms with Crippen LogP contribution in [0, 0.1) is 11.8 Å². The molecule has 0 spiro atoms. The maximum absolute atomic E-state index is 2.24. The van der Waals surface area contributed by atoms with Gasteiger partial charge in [0.25, 0.3) is 0 Å². The van der Waals surface area contributed by atoms with Gasteiger partial charge in [-0.3, -0.25) is 0 Å². The first kappa shape index (κ1) is 10.8. The Bertz CT molecular complexity index is 96.4. The van der Waals surface area contributed by atoms with Crippen molar-refractivity contribution in [2.75, 3.05) is 24.0 Å². The van der Waals surface area contributed by atoms with Crippen molar-refractivity contribution in [1.82, 2.24) is 0 Å². The Morgan fingerprint density at radius 1 is 0.917 bits per heavy atom. The minimum Gasteiger partial charge on any atom is -0.165 e. The topological polar surface area (TPSA) is 0 Å². The molecule has 1 rings (SSSR count). The second-order valence-corrected chi connectivity index (χ2v) is 5.54. The molecule has 0 aromatic carbocycles. The molecule has 72 valence electrons. The van der Waals surface area contributed by atoms with E-state index in [0.717, 1.165) is 11.8 Å². The first-order chi connectivity index (χ1) is 5.88. The average molecular weight is 204 g/mol. The van der Waals surface area contributed by atoms with Crippen LogP contribution in [0.25, 0.3) is 0 Å². The highest BCUT2D eigenvalue weighted by Crippen LogP contribution is 2.33. The van der Waals surface area contributed by atoms with Crippen LogP contribution < -0.4 is 0 Å². The van der Waals surface area contributed by atoms with Gasteiger partial charge in [0, 0.05) is 0 Å². The quantitative estimate of drug-likeness (QED) is 0.687. The minimum absolute atomic E-state index is 1.03. The maximum Gasteiger partial charge on any atom is -0.00390 e. The van der Waals surface area contributed by atoms with E-state index in [0.29, 0.717) is 0 Å². The fraction of sp³-hybridized carbons (Fsp3) is 1.00. The van der Waals surface area contributed by atoms with Gasteiger partial charge in [-0.15, -0.1) is 0 Å². The number of hydrogen-bond acceptors (Lipinski definition) is 2. The van der Waals surface area contributed by atoms with Crippen LogP contribution in [0.3, 0.4) is 0 Å². The number of thioether (sulfide) groups is 2. The van der Waals surface area contributed by atoms with Gasteiger partial charge in [0.2, 0.25) is 0 Å². The molecule has 0 aromatic heterocycles.